The summed E-state index contributed by atoms with van der Waals surface area (Å²) in [6, 6.07) is 21.1. The minimum atomic E-state index is -2.02. The van der Waals surface area contributed by atoms with Crippen LogP contribution in [0.4, 0.5) is 0 Å². The number of nitrogens with zero attached hydrogens (tertiary/aromatic N) is 4. The first-order valence-electron chi connectivity index (χ1n) is 13.6. The number of hydrogen-bond acceptors (Lipinski definition) is 7. The molecule has 0 amide bonds. The summed E-state index contributed by atoms with van der Waals surface area (Å²) < 4.78 is 6.78. The third kappa shape index (κ3) is 10.2. The molecule has 0 aliphatic heterocycles. The van der Waals surface area contributed by atoms with Crippen molar-refractivity contribution in [3.63, 3.8) is 0 Å². The molecule has 2 heterocycles. The second-order valence-electron chi connectivity index (χ2n) is 11.2. The van der Waals surface area contributed by atoms with Gasteiger partial charge in [-0.2, -0.15) is 0 Å². The fraction of sp³-hybridized carbons (Fsp3) is 0.250. The minimum Gasteiger partial charge on any atom is -0.449 e. The first-order valence-corrected chi connectivity index (χ1v) is 21.2. The predicted octanol–water partition coefficient (Wildman–Crippen LogP) is 9.03. The van der Waals surface area contributed by atoms with Crippen molar-refractivity contribution < 1.29 is 4.12 Å². The largest absolute Gasteiger partial charge is 0.449 e. The first kappa shape index (κ1) is 31.1. The van der Waals surface area contributed by atoms with E-state index in [1.807, 2.05) is 39.8 Å². The molecule has 0 N–H and O–H groups in total. The van der Waals surface area contributed by atoms with Crippen molar-refractivity contribution in [3.8, 4) is 0 Å². The summed E-state index contributed by atoms with van der Waals surface area (Å²) in [6.45, 7) is 17.0. The highest BCUT2D eigenvalue weighted by Crippen LogP contribution is 2.27. The van der Waals surface area contributed by atoms with Crippen LogP contribution in [-0.4, -0.2) is 36.6 Å². The Bertz CT molecular complexity index is 1400. The summed E-state index contributed by atoms with van der Waals surface area (Å²) >= 11 is 3.18. The zero-order chi connectivity index (χ0) is 29.6. The van der Waals surface area contributed by atoms with Gasteiger partial charge in [-0.05, 0) is 125 Å². The van der Waals surface area contributed by atoms with Crippen molar-refractivity contribution in [2.45, 2.75) is 74.0 Å². The minimum absolute atomic E-state index is 0.787. The van der Waals surface area contributed by atoms with Crippen LogP contribution < -0.4 is 0 Å². The number of aromatic nitrogens is 4. The van der Waals surface area contributed by atoms with Crippen molar-refractivity contribution in [2.24, 2.45) is 0 Å². The number of rotatable bonds is 10. The molecule has 9 heteroatoms. The van der Waals surface area contributed by atoms with Gasteiger partial charge < -0.3 is 4.12 Å². The average molecular weight is 615 g/mol. The molecule has 0 aliphatic rings. The van der Waals surface area contributed by atoms with Crippen LogP contribution in [0.3, 0.4) is 0 Å². The van der Waals surface area contributed by atoms with Crippen LogP contribution in [0.25, 0.3) is 12.2 Å². The van der Waals surface area contributed by atoms with Crippen LogP contribution in [0.2, 0.25) is 26.2 Å². The van der Waals surface area contributed by atoms with E-state index in [1.165, 1.54) is 11.1 Å². The van der Waals surface area contributed by atoms with Gasteiger partial charge in [-0.3, -0.25) is 0 Å². The van der Waals surface area contributed by atoms with Gasteiger partial charge >= 0.3 is 0 Å². The average Bonchev–Trinajstić information content (AvgIpc) is 2.86. The lowest BCUT2D eigenvalue weighted by atomic mass is 10.2. The molecule has 0 unspecified atom stereocenters. The Kier molecular flexibility index (Phi) is 10.2. The Labute approximate surface area is 255 Å². The lowest BCUT2D eigenvalue weighted by molar-refractivity contribution is 0.571. The molecule has 4 rings (SSSR count). The molecule has 41 heavy (non-hydrogen) atoms. The van der Waals surface area contributed by atoms with Crippen molar-refractivity contribution in [1.82, 2.24) is 19.9 Å². The lowest BCUT2D eigenvalue weighted by Crippen LogP contribution is -2.42. The van der Waals surface area contributed by atoms with E-state index in [0.29, 0.717) is 0 Å². The summed E-state index contributed by atoms with van der Waals surface area (Å²) in [5.74, 6) is 0. The molecule has 0 fully saturated rings. The lowest BCUT2D eigenvalue weighted by Gasteiger charge is -2.29. The first-order chi connectivity index (χ1) is 19.3. The van der Waals surface area contributed by atoms with E-state index in [1.54, 1.807) is 23.5 Å². The fourth-order valence-corrected chi connectivity index (χ4v) is 13.2. The van der Waals surface area contributed by atoms with Gasteiger partial charge in [-0.1, -0.05) is 47.8 Å². The quantitative estimate of drug-likeness (QED) is 0.130. The van der Waals surface area contributed by atoms with Crippen molar-refractivity contribution >= 4 is 52.3 Å². The van der Waals surface area contributed by atoms with E-state index < -0.39 is 16.6 Å². The molecule has 0 saturated heterocycles. The van der Waals surface area contributed by atoms with Crippen LogP contribution in [0.1, 0.15) is 33.9 Å². The molecule has 0 bridgehead atoms. The van der Waals surface area contributed by atoms with E-state index in [2.05, 4.69) is 118 Å². The predicted molar refractivity (Wildman–Crippen MR) is 178 cm³/mol. The van der Waals surface area contributed by atoms with Crippen LogP contribution >= 0.6 is 23.5 Å². The van der Waals surface area contributed by atoms with Crippen molar-refractivity contribution in [2.75, 3.05) is 0 Å². The van der Waals surface area contributed by atoms with E-state index in [9.17, 15) is 0 Å². The maximum atomic E-state index is 6.78. The second-order valence-corrected chi connectivity index (χ2v) is 21.2. The monoisotopic (exact) mass is 614 g/mol. The molecule has 0 atom stereocenters. The highest BCUT2D eigenvalue weighted by molar-refractivity contribution is 7.99. The van der Waals surface area contributed by atoms with Crippen LogP contribution in [0, 0.1) is 27.7 Å². The van der Waals surface area contributed by atoms with Crippen LogP contribution in [0.5, 0.6) is 0 Å². The summed E-state index contributed by atoms with van der Waals surface area (Å²) in [5, 5.41) is 1.57. The van der Waals surface area contributed by atoms with Gasteiger partial charge in [0.05, 0.1) is 0 Å². The van der Waals surface area contributed by atoms with E-state index in [0.717, 1.165) is 42.9 Å². The van der Waals surface area contributed by atoms with E-state index in [-0.39, 0.29) is 0 Å². The van der Waals surface area contributed by atoms with Gasteiger partial charge in [-0.25, -0.2) is 19.9 Å². The van der Waals surface area contributed by atoms with Gasteiger partial charge in [0.15, 0.2) is 26.9 Å². The molecule has 2 aromatic heterocycles. The summed E-state index contributed by atoms with van der Waals surface area (Å²) in [6.07, 6.45) is 4.38. The summed E-state index contributed by atoms with van der Waals surface area (Å²) in [4.78, 5) is 20.4. The molecule has 0 saturated carbocycles. The highest BCUT2D eigenvalue weighted by Gasteiger charge is 2.29. The zero-order valence-corrected chi connectivity index (χ0v) is 28.7. The Morgan fingerprint density at radius 2 is 0.854 bits per heavy atom. The second kappa shape index (κ2) is 13.4. The van der Waals surface area contributed by atoms with Gasteiger partial charge in [-0.15, -0.1) is 0 Å². The Hall–Kier alpha value is -2.83. The fourth-order valence-electron chi connectivity index (χ4n) is 4.32. The highest BCUT2D eigenvalue weighted by atomic mass is 32.2. The molecule has 0 aliphatic carbocycles. The van der Waals surface area contributed by atoms with Gasteiger partial charge in [0, 0.05) is 32.6 Å². The smallest absolute Gasteiger partial charge is 0.198 e. The van der Waals surface area contributed by atoms with Crippen molar-refractivity contribution in [3.05, 3.63) is 106 Å². The normalized spacial score (nSPS) is 12.5. The number of hydrogen-bond donors (Lipinski definition) is 0. The van der Waals surface area contributed by atoms with Gasteiger partial charge in [0.1, 0.15) is 0 Å². The standard InChI is InChI=1S/C32H38N4OS2Si2/c1-23-21-24(2)34-31(33-23)38-29-13-9-27(10-14-29)17-19-40(5,6)37-41(7,8)20-18-28-11-15-30(16-12-28)39-32-35-25(3)22-26(4)36-32/h9-22H,1-8H3. The van der Waals surface area contributed by atoms with Gasteiger partial charge in [0.2, 0.25) is 0 Å². The SMILES string of the molecule is Cc1cc(C)nc(Sc2ccc(C=C[Si](C)(C)O[Si](C)(C)C=Cc3ccc(Sc4nc(C)cc(C)n4)cc3)cc2)n1. The molecule has 5 nitrogen and oxygen atoms in total. The maximum Gasteiger partial charge on any atom is 0.198 e. The molecule has 4 aromatic rings. The third-order valence-corrected chi connectivity index (χ3v) is 13.9. The number of aryl methyl sites for hydroxylation is 4. The number of benzene rings is 2. The Morgan fingerprint density at radius 1 is 0.537 bits per heavy atom. The Morgan fingerprint density at radius 3 is 1.17 bits per heavy atom. The Balaban J connectivity index is 1.33. The molecule has 2 aromatic carbocycles. The summed E-state index contributed by atoms with van der Waals surface area (Å²) in [7, 11) is -4.04. The molecule has 212 valence electrons. The van der Waals surface area contributed by atoms with Crippen LogP contribution in [-0.2, 0) is 4.12 Å². The zero-order valence-electron chi connectivity index (χ0n) is 25.1. The van der Waals surface area contributed by atoms with Crippen LogP contribution in [0.15, 0.2) is 92.2 Å². The molecular formula is C32H38N4OS2Si2. The van der Waals surface area contributed by atoms with E-state index >= 15 is 0 Å². The molecular weight excluding hydrogens is 577 g/mol. The summed E-state index contributed by atoms with van der Waals surface area (Å²) in [5.41, 5.74) is 10.9. The third-order valence-electron chi connectivity index (χ3n) is 5.98. The van der Waals surface area contributed by atoms with Crippen molar-refractivity contribution in [1.29, 1.82) is 0 Å². The molecule has 0 spiro atoms. The topological polar surface area (TPSA) is 60.8 Å². The maximum absolute atomic E-state index is 6.78. The molecule has 0 radical (unpaired) electrons. The van der Waals surface area contributed by atoms with Gasteiger partial charge in [0.25, 0.3) is 0 Å². The van der Waals surface area contributed by atoms with E-state index in [4.69, 9.17) is 4.12 Å².